The Morgan fingerprint density at radius 3 is 2.36 bits per heavy atom. The largest absolute Gasteiger partial charge is 0.465 e. The molecule has 0 aromatic heterocycles. The first-order chi connectivity index (χ1) is 15.8. The third-order valence-corrected chi connectivity index (χ3v) is 7.48. The summed E-state index contributed by atoms with van der Waals surface area (Å²) in [6.07, 6.45) is 2.12. The predicted octanol–water partition coefficient (Wildman–Crippen LogP) is 4.59. The van der Waals surface area contributed by atoms with Crippen LogP contribution in [0, 0.1) is 0 Å². The lowest BCUT2D eigenvalue weighted by Gasteiger charge is -2.07. The summed E-state index contributed by atoms with van der Waals surface area (Å²) < 4.78 is 32.4. The smallest absolute Gasteiger partial charge is 0.338 e. The van der Waals surface area contributed by atoms with Crippen molar-refractivity contribution in [3.8, 4) is 11.1 Å². The van der Waals surface area contributed by atoms with Gasteiger partial charge < -0.3 is 10.5 Å². The molecule has 2 aliphatic rings. The van der Waals surface area contributed by atoms with Gasteiger partial charge in [0.15, 0.2) is 0 Å². The van der Waals surface area contributed by atoms with Crippen molar-refractivity contribution in [2.75, 3.05) is 20.2 Å². The SMILES string of the molecule is COC(=O)c1cc(CCCCNS(=O)(=O)c2ccc(Cl)cc2)c2ccc(C(C)CN)ccc1-2. The zero-order chi connectivity index (χ0) is 24.0. The normalized spacial score (nSPS) is 12.6. The maximum atomic E-state index is 12.4. The number of ether oxygens (including phenoxy) is 1. The number of fused-ring (bicyclic) bond motifs is 1. The molecule has 0 heterocycles. The van der Waals surface area contributed by atoms with Crippen LogP contribution in [-0.4, -0.2) is 34.6 Å². The Balaban J connectivity index is 1.69. The van der Waals surface area contributed by atoms with Gasteiger partial charge in [-0.2, -0.15) is 0 Å². The number of halogens is 1. The van der Waals surface area contributed by atoms with E-state index in [-0.39, 0.29) is 16.8 Å². The number of sulfonamides is 1. The van der Waals surface area contributed by atoms with Crippen molar-refractivity contribution < 1.29 is 17.9 Å². The molecule has 0 saturated carbocycles. The van der Waals surface area contributed by atoms with Crippen LogP contribution in [-0.2, 0) is 21.2 Å². The summed E-state index contributed by atoms with van der Waals surface area (Å²) in [5.74, 6) is -0.165. The minimum absolute atomic E-state index is 0.187. The Morgan fingerprint density at radius 2 is 1.73 bits per heavy atom. The standard InChI is InChI=1S/C25H29ClN2O4S/c1-17(16-27)18-6-12-22-19(15-24(25(29)32-2)23(22)13-7-18)5-3-4-14-28-33(30,31)21-10-8-20(26)9-11-21/h6-13,15,17,28H,3-5,14,16,27H2,1-2H3. The number of unbranched alkanes of at least 4 members (excludes halogenated alkanes) is 1. The number of carbonyl (C=O) groups excluding carboxylic acids is 1. The molecule has 8 heteroatoms. The molecule has 1 atom stereocenters. The van der Waals surface area contributed by atoms with Crippen molar-refractivity contribution in [1.29, 1.82) is 0 Å². The number of nitrogens with two attached hydrogens (primary N) is 1. The quantitative estimate of drug-likeness (QED) is 0.321. The van der Waals surface area contributed by atoms with Gasteiger partial charge in [0.05, 0.1) is 17.6 Å². The summed E-state index contributed by atoms with van der Waals surface area (Å²) in [5, 5.41) is 0.486. The summed E-state index contributed by atoms with van der Waals surface area (Å²) in [7, 11) is -2.20. The highest BCUT2D eigenvalue weighted by molar-refractivity contribution is 7.89. The Morgan fingerprint density at radius 1 is 1.06 bits per heavy atom. The summed E-state index contributed by atoms with van der Waals surface area (Å²) in [5.41, 5.74) is 10.3. The van der Waals surface area contributed by atoms with Gasteiger partial charge in [-0.3, -0.25) is 0 Å². The molecule has 1 aromatic rings. The average molecular weight is 489 g/mol. The van der Waals surface area contributed by atoms with Gasteiger partial charge in [0, 0.05) is 11.6 Å². The van der Waals surface area contributed by atoms with Gasteiger partial charge >= 0.3 is 5.97 Å². The van der Waals surface area contributed by atoms with Crippen molar-refractivity contribution >= 4 is 27.6 Å². The Hall–Kier alpha value is -2.45. The van der Waals surface area contributed by atoms with Gasteiger partial charge in [-0.15, -0.1) is 0 Å². The van der Waals surface area contributed by atoms with Crippen molar-refractivity contribution in [3.63, 3.8) is 0 Å². The zero-order valence-corrected chi connectivity index (χ0v) is 20.4. The van der Waals surface area contributed by atoms with Gasteiger partial charge in [0.1, 0.15) is 0 Å². The Labute approximate surface area is 200 Å². The summed E-state index contributed by atoms with van der Waals surface area (Å²) in [6.45, 7) is 2.92. The first-order valence-corrected chi connectivity index (χ1v) is 12.7. The van der Waals surface area contributed by atoms with E-state index in [2.05, 4.69) is 11.6 Å². The van der Waals surface area contributed by atoms with Crippen LogP contribution in [0.3, 0.4) is 0 Å². The second-order valence-electron chi connectivity index (χ2n) is 8.01. The summed E-state index contributed by atoms with van der Waals surface area (Å²) in [4.78, 5) is 12.5. The minimum Gasteiger partial charge on any atom is -0.465 e. The van der Waals surface area contributed by atoms with E-state index in [9.17, 15) is 13.2 Å². The van der Waals surface area contributed by atoms with E-state index >= 15 is 0 Å². The first kappa shape index (κ1) is 25.2. The van der Waals surface area contributed by atoms with Crippen LogP contribution < -0.4 is 10.5 Å². The van der Waals surface area contributed by atoms with Crippen LogP contribution >= 0.6 is 11.6 Å². The number of rotatable bonds is 10. The van der Waals surface area contributed by atoms with Gasteiger partial charge in [-0.05, 0) is 84.3 Å². The van der Waals surface area contributed by atoms with E-state index < -0.39 is 10.0 Å². The molecule has 33 heavy (non-hydrogen) atoms. The molecule has 3 N–H and O–H groups in total. The zero-order valence-electron chi connectivity index (χ0n) is 18.8. The number of carbonyl (C=O) groups is 1. The predicted molar refractivity (Wildman–Crippen MR) is 131 cm³/mol. The summed E-state index contributed by atoms with van der Waals surface area (Å²) in [6, 6.07) is 16.0. The van der Waals surface area contributed by atoms with Crippen molar-refractivity contribution in [3.05, 3.63) is 76.3 Å². The van der Waals surface area contributed by atoms with Gasteiger partial charge in [0.2, 0.25) is 10.0 Å². The highest BCUT2D eigenvalue weighted by Gasteiger charge is 2.21. The number of hydrogen-bond acceptors (Lipinski definition) is 5. The van der Waals surface area contributed by atoms with Crippen molar-refractivity contribution in [2.24, 2.45) is 5.73 Å². The molecule has 0 saturated heterocycles. The van der Waals surface area contributed by atoms with E-state index in [4.69, 9.17) is 22.1 Å². The number of methoxy groups -OCH3 is 1. The number of aryl methyl sites for hydroxylation is 1. The highest BCUT2D eigenvalue weighted by atomic mass is 35.5. The average Bonchev–Trinajstić information content (AvgIpc) is 3.00. The Kier molecular flexibility index (Phi) is 8.48. The van der Waals surface area contributed by atoms with Crippen LogP contribution in [0.25, 0.3) is 11.1 Å². The topological polar surface area (TPSA) is 98.5 Å². The van der Waals surface area contributed by atoms with Crippen molar-refractivity contribution in [1.82, 2.24) is 4.72 Å². The molecule has 0 aliphatic heterocycles. The first-order valence-electron chi connectivity index (χ1n) is 10.9. The molecule has 0 bridgehead atoms. The number of nitrogens with one attached hydrogen (secondary N) is 1. The number of benzene rings is 1. The van der Waals surface area contributed by atoms with Crippen LogP contribution in [0.5, 0.6) is 0 Å². The van der Waals surface area contributed by atoms with Crippen LogP contribution in [0.2, 0.25) is 5.02 Å². The molecule has 0 amide bonds. The minimum atomic E-state index is -3.57. The lowest BCUT2D eigenvalue weighted by atomic mass is 10.0. The molecule has 3 rings (SSSR count). The molecule has 0 fully saturated rings. The van der Waals surface area contributed by atoms with Crippen LogP contribution in [0.1, 0.15) is 47.2 Å². The maximum Gasteiger partial charge on any atom is 0.338 e. The molecule has 2 aliphatic carbocycles. The fourth-order valence-electron chi connectivity index (χ4n) is 3.73. The second kappa shape index (κ2) is 11.1. The van der Waals surface area contributed by atoms with E-state index in [0.29, 0.717) is 36.5 Å². The third-order valence-electron chi connectivity index (χ3n) is 5.75. The molecule has 0 spiro atoms. The number of esters is 1. The van der Waals surface area contributed by atoms with E-state index in [0.717, 1.165) is 28.7 Å². The van der Waals surface area contributed by atoms with Crippen LogP contribution in [0.4, 0.5) is 0 Å². The molecule has 1 unspecified atom stereocenters. The van der Waals surface area contributed by atoms with Crippen molar-refractivity contribution in [2.45, 2.75) is 37.0 Å². The molecule has 176 valence electrons. The van der Waals surface area contributed by atoms with Gasteiger partial charge in [-0.1, -0.05) is 42.8 Å². The van der Waals surface area contributed by atoms with Gasteiger partial charge in [0.25, 0.3) is 0 Å². The van der Waals surface area contributed by atoms with E-state index in [1.165, 1.54) is 19.2 Å². The highest BCUT2D eigenvalue weighted by Crippen LogP contribution is 2.34. The fraction of sp³-hybridized carbons (Fsp3) is 0.320. The van der Waals surface area contributed by atoms with Crippen LogP contribution in [0.15, 0.2) is 59.5 Å². The summed E-state index contributed by atoms with van der Waals surface area (Å²) >= 11 is 5.83. The number of hydrogen-bond donors (Lipinski definition) is 2. The second-order valence-corrected chi connectivity index (χ2v) is 10.2. The third kappa shape index (κ3) is 6.12. The van der Waals surface area contributed by atoms with Gasteiger partial charge in [-0.25, -0.2) is 17.9 Å². The van der Waals surface area contributed by atoms with E-state index in [1.54, 1.807) is 12.1 Å². The fourth-order valence-corrected chi connectivity index (χ4v) is 4.93. The Bertz CT molecular complexity index is 1180. The molecule has 1 aromatic carbocycles. The lowest BCUT2D eigenvalue weighted by molar-refractivity contribution is 0.0602. The molecule has 6 nitrogen and oxygen atoms in total. The molecular formula is C25H29ClN2O4S. The molecule has 0 radical (unpaired) electrons. The van der Waals surface area contributed by atoms with E-state index in [1.807, 2.05) is 30.3 Å². The maximum absolute atomic E-state index is 12.4. The monoisotopic (exact) mass is 488 g/mol. The lowest BCUT2D eigenvalue weighted by Crippen LogP contribution is -2.24. The molecular weight excluding hydrogens is 460 g/mol.